The van der Waals surface area contributed by atoms with Crippen molar-refractivity contribution in [1.82, 2.24) is 10.2 Å². The Bertz CT molecular complexity index is 1040. The third-order valence-electron chi connectivity index (χ3n) is 8.13. The summed E-state index contributed by atoms with van der Waals surface area (Å²) >= 11 is 0. The highest BCUT2D eigenvalue weighted by Gasteiger charge is 2.34. The third-order valence-corrected chi connectivity index (χ3v) is 8.13. The number of hydrazone groups is 1. The maximum atomic E-state index is 13.0. The summed E-state index contributed by atoms with van der Waals surface area (Å²) < 4.78 is 0. The molecule has 1 aromatic rings. The fraction of sp³-hybridized carbons (Fsp3) is 0.686. The predicted octanol–water partition coefficient (Wildman–Crippen LogP) is 7.44. The molecule has 1 unspecified atom stereocenters. The number of aliphatic carboxylic acids is 1. The van der Waals surface area contributed by atoms with Crippen molar-refractivity contribution >= 4 is 35.2 Å². The Hall–Kier alpha value is -3.23. The molecule has 0 spiro atoms. The molecule has 1 aromatic carbocycles. The first-order chi connectivity index (χ1) is 21.2. The minimum absolute atomic E-state index is 0.0911. The quantitative estimate of drug-likeness (QED) is 0.124. The van der Waals surface area contributed by atoms with E-state index in [1.165, 1.54) is 87.0 Å². The second kappa shape index (κ2) is 21.5. The molecule has 0 bridgehead atoms. The van der Waals surface area contributed by atoms with Gasteiger partial charge in [0, 0.05) is 12.5 Å². The molecule has 1 aliphatic rings. The van der Waals surface area contributed by atoms with Gasteiger partial charge >= 0.3 is 5.97 Å². The van der Waals surface area contributed by atoms with Gasteiger partial charge in [0.1, 0.15) is 11.9 Å². The molecule has 2 rings (SSSR count). The topological polar surface area (TPSA) is 119 Å². The third kappa shape index (κ3) is 14.0. The van der Waals surface area contributed by atoms with Crippen LogP contribution < -0.4 is 10.3 Å². The first kappa shape index (κ1) is 37.0. The molecule has 0 saturated heterocycles. The van der Waals surface area contributed by atoms with Crippen LogP contribution in [0.15, 0.2) is 35.4 Å². The summed E-state index contributed by atoms with van der Waals surface area (Å²) in [4.78, 5) is 51.9. The average Bonchev–Trinajstić information content (AvgIpc) is 3.37. The number of para-hydroxylation sites is 1. The maximum absolute atomic E-state index is 13.0. The fourth-order valence-corrected chi connectivity index (χ4v) is 5.57. The monoisotopic (exact) mass is 612 g/mol. The highest BCUT2D eigenvalue weighted by Crippen LogP contribution is 2.20. The van der Waals surface area contributed by atoms with Gasteiger partial charge < -0.3 is 15.3 Å². The van der Waals surface area contributed by atoms with Gasteiger partial charge in [-0.05, 0) is 18.6 Å². The van der Waals surface area contributed by atoms with Crippen molar-refractivity contribution < 1.29 is 24.3 Å². The van der Waals surface area contributed by atoms with Crippen molar-refractivity contribution in [2.24, 2.45) is 11.0 Å². The molecular weight excluding hydrogens is 556 g/mol. The van der Waals surface area contributed by atoms with Gasteiger partial charge in [-0.25, -0.2) is 4.79 Å². The van der Waals surface area contributed by atoms with Gasteiger partial charge in [-0.15, -0.1) is 0 Å². The zero-order chi connectivity index (χ0) is 32.2. The van der Waals surface area contributed by atoms with Crippen molar-refractivity contribution in [2.75, 3.05) is 11.6 Å². The number of hydrogen-bond donors (Lipinski definition) is 2. The van der Waals surface area contributed by atoms with Crippen LogP contribution in [-0.4, -0.2) is 52.1 Å². The summed E-state index contributed by atoms with van der Waals surface area (Å²) in [5, 5.41) is 18.0. The van der Waals surface area contributed by atoms with Gasteiger partial charge in [-0.2, -0.15) is 10.1 Å². The van der Waals surface area contributed by atoms with Crippen LogP contribution in [0.5, 0.6) is 0 Å². The molecule has 0 radical (unpaired) electrons. The van der Waals surface area contributed by atoms with Gasteiger partial charge in [-0.1, -0.05) is 135 Å². The molecule has 9 heteroatoms. The second-order valence-corrected chi connectivity index (χ2v) is 12.4. The number of nitrogens with zero attached hydrogens (tertiary/aromatic N) is 3. The summed E-state index contributed by atoms with van der Waals surface area (Å²) in [6.07, 6.45) is 19.3. The van der Waals surface area contributed by atoms with E-state index in [4.69, 9.17) is 0 Å². The summed E-state index contributed by atoms with van der Waals surface area (Å²) in [5.74, 6) is -2.62. The molecule has 246 valence electrons. The summed E-state index contributed by atoms with van der Waals surface area (Å²) in [7, 11) is 0. The molecule has 1 atom stereocenters. The summed E-state index contributed by atoms with van der Waals surface area (Å²) in [6.45, 7) is 6.02. The highest BCUT2D eigenvalue weighted by atomic mass is 16.4. The fourth-order valence-electron chi connectivity index (χ4n) is 5.57. The van der Waals surface area contributed by atoms with Crippen molar-refractivity contribution in [1.29, 1.82) is 0 Å². The van der Waals surface area contributed by atoms with Gasteiger partial charge in [-0.3, -0.25) is 14.4 Å². The molecule has 9 nitrogen and oxygen atoms in total. The van der Waals surface area contributed by atoms with E-state index in [-0.39, 0.29) is 24.1 Å². The lowest BCUT2D eigenvalue weighted by molar-refractivity contribution is -0.153. The van der Waals surface area contributed by atoms with E-state index in [9.17, 15) is 24.3 Å². The largest absolute Gasteiger partial charge is 0.480 e. The summed E-state index contributed by atoms with van der Waals surface area (Å²) in [5.41, 5.74) is 0.581. The lowest BCUT2D eigenvalue weighted by Crippen LogP contribution is -2.49. The molecule has 0 saturated carbocycles. The van der Waals surface area contributed by atoms with Gasteiger partial charge in [0.2, 0.25) is 11.8 Å². The minimum atomic E-state index is -1.29. The van der Waals surface area contributed by atoms with Crippen molar-refractivity contribution in [3.05, 3.63) is 30.3 Å². The van der Waals surface area contributed by atoms with Crippen LogP contribution in [0.3, 0.4) is 0 Å². The second-order valence-electron chi connectivity index (χ2n) is 12.4. The molecule has 0 fully saturated rings. The van der Waals surface area contributed by atoms with E-state index in [1.54, 1.807) is 38.1 Å². The molecule has 1 heterocycles. The SMILES string of the molecule is CCCCCCCCCCCCCCCCCCN(C(=O)C(C)C)C(CC(=O)NC1=NN(c2ccccc2)C(=O)C1)C(=O)O. The van der Waals surface area contributed by atoms with Crippen molar-refractivity contribution in [2.45, 2.75) is 142 Å². The number of carboxylic acids is 1. The smallest absolute Gasteiger partial charge is 0.326 e. The van der Waals surface area contributed by atoms with Gasteiger partial charge in [0.25, 0.3) is 5.91 Å². The van der Waals surface area contributed by atoms with E-state index in [0.717, 1.165) is 19.3 Å². The van der Waals surface area contributed by atoms with Crippen LogP contribution in [0.2, 0.25) is 0 Å². The first-order valence-corrected chi connectivity index (χ1v) is 17.0. The maximum Gasteiger partial charge on any atom is 0.326 e. The molecular formula is C35H56N4O5. The first-order valence-electron chi connectivity index (χ1n) is 17.0. The number of carboxylic acid groups (broad SMARTS) is 1. The number of anilines is 1. The Morgan fingerprint density at radius 3 is 1.82 bits per heavy atom. The van der Waals surface area contributed by atoms with E-state index in [1.807, 2.05) is 6.07 Å². The number of amidine groups is 1. The van der Waals surface area contributed by atoms with Gasteiger partial charge in [0.05, 0.1) is 18.5 Å². The zero-order valence-corrected chi connectivity index (χ0v) is 27.4. The molecule has 2 N–H and O–H groups in total. The highest BCUT2D eigenvalue weighted by molar-refractivity contribution is 6.15. The number of nitrogens with one attached hydrogen (secondary N) is 1. The normalized spacial score (nSPS) is 13.7. The number of rotatable bonds is 23. The Kier molecular flexibility index (Phi) is 18.0. The molecule has 1 aliphatic heterocycles. The Morgan fingerprint density at radius 1 is 0.841 bits per heavy atom. The van der Waals surface area contributed by atoms with E-state index >= 15 is 0 Å². The number of carbonyl (C=O) groups is 4. The standard InChI is InChI=1S/C35H56N4O5/c1-4-5-6-7-8-9-10-11-12-13-14-15-16-17-18-22-25-38(34(42)28(2)3)30(35(43)44)26-32(40)36-31-27-33(41)39(37-31)29-23-20-19-21-24-29/h19-21,23-24,28,30H,4-18,22,25-27H2,1-3H3,(H,43,44)(H,36,37,40). The number of carbonyl (C=O) groups excluding carboxylic acids is 3. The predicted molar refractivity (Wildman–Crippen MR) is 176 cm³/mol. The minimum Gasteiger partial charge on any atom is -0.480 e. The van der Waals surface area contributed by atoms with E-state index in [0.29, 0.717) is 18.7 Å². The number of hydrogen-bond acceptors (Lipinski definition) is 5. The lowest BCUT2D eigenvalue weighted by Gasteiger charge is -2.30. The Labute approximate surface area is 264 Å². The van der Waals surface area contributed by atoms with Crippen molar-refractivity contribution in [3.63, 3.8) is 0 Å². The Balaban J connectivity index is 1.72. The van der Waals surface area contributed by atoms with Gasteiger partial charge in [0.15, 0.2) is 0 Å². The van der Waals surface area contributed by atoms with E-state index in [2.05, 4.69) is 17.3 Å². The van der Waals surface area contributed by atoms with Crippen LogP contribution >= 0.6 is 0 Å². The van der Waals surface area contributed by atoms with Crippen LogP contribution in [0, 0.1) is 5.92 Å². The molecule has 44 heavy (non-hydrogen) atoms. The van der Waals surface area contributed by atoms with E-state index < -0.39 is 30.3 Å². The lowest BCUT2D eigenvalue weighted by atomic mass is 10.0. The number of benzene rings is 1. The summed E-state index contributed by atoms with van der Waals surface area (Å²) in [6, 6.07) is 7.58. The van der Waals surface area contributed by atoms with Crippen molar-refractivity contribution in [3.8, 4) is 0 Å². The molecule has 3 amide bonds. The number of amides is 3. The van der Waals surface area contributed by atoms with Crippen LogP contribution in [0.4, 0.5) is 5.69 Å². The zero-order valence-electron chi connectivity index (χ0n) is 27.4. The molecule has 0 aliphatic carbocycles. The van der Waals surface area contributed by atoms with Crippen LogP contribution in [-0.2, 0) is 19.2 Å². The average molecular weight is 613 g/mol. The molecule has 0 aromatic heterocycles. The Morgan fingerprint density at radius 2 is 1.34 bits per heavy atom. The number of unbranched alkanes of at least 4 members (excludes halogenated alkanes) is 15. The van der Waals surface area contributed by atoms with Crippen LogP contribution in [0.1, 0.15) is 136 Å². The van der Waals surface area contributed by atoms with Crippen LogP contribution in [0.25, 0.3) is 0 Å².